The highest BCUT2D eigenvalue weighted by atomic mass is 16.7. The van der Waals surface area contributed by atoms with Crippen molar-refractivity contribution in [1.29, 1.82) is 0 Å². The van der Waals surface area contributed by atoms with Gasteiger partial charge in [0.1, 0.15) is 11.4 Å². The number of esters is 1. The van der Waals surface area contributed by atoms with Crippen molar-refractivity contribution in [3.8, 4) is 5.75 Å². The molecule has 0 unspecified atom stereocenters. The van der Waals surface area contributed by atoms with E-state index in [0.29, 0.717) is 17.9 Å². The fourth-order valence-electron chi connectivity index (χ4n) is 1.42. The van der Waals surface area contributed by atoms with Gasteiger partial charge in [-0.3, -0.25) is 0 Å². The molecule has 0 fully saturated rings. The summed E-state index contributed by atoms with van der Waals surface area (Å²) in [5.41, 5.74) is -0.192. The van der Waals surface area contributed by atoms with E-state index in [-0.39, 0.29) is 5.97 Å². The van der Waals surface area contributed by atoms with E-state index in [4.69, 9.17) is 14.2 Å². The van der Waals surface area contributed by atoms with Crippen LogP contribution in [0.25, 0.3) is 0 Å². The normalized spacial score (nSPS) is 10.9. The third kappa shape index (κ3) is 6.79. The Bertz CT molecular complexity index is 470. The predicted octanol–water partition coefficient (Wildman–Crippen LogP) is 3.96. The molecule has 5 heteroatoms. The van der Waals surface area contributed by atoms with Crippen LogP contribution in [0.3, 0.4) is 0 Å². The average Bonchev–Trinajstić information content (AvgIpc) is 2.37. The van der Waals surface area contributed by atoms with Crippen LogP contribution in [-0.4, -0.2) is 24.3 Å². The van der Waals surface area contributed by atoms with E-state index in [1.807, 2.05) is 6.92 Å². The zero-order chi connectivity index (χ0) is 15.9. The molecule has 1 rings (SSSR count). The lowest BCUT2D eigenvalue weighted by atomic mass is 10.2. The van der Waals surface area contributed by atoms with E-state index < -0.39 is 11.8 Å². The molecule has 5 nitrogen and oxygen atoms in total. The van der Waals surface area contributed by atoms with Gasteiger partial charge < -0.3 is 14.2 Å². The third-order valence-electron chi connectivity index (χ3n) is 2.41. The van der Waals surface area contributed by atoms with Gasteiger partial charge in [-0.15, -0.1) is 0 Å². The Morgan fingerprint density at radius 3 is 2.24 bits per heavy atom. The Balaban J connectivity index is 2.54. The van der Waals surface area contributed by atoms with Crippen molar-refractivity contribution in [3.05, 3.63) is 29.8 Å². The van der Waals surface area contributed by atoms with Gasteiger partial charge in [-0.05, 0) is 51.5 Å². The SMILES string of the molecule is CCCCOC(=O)c1ccc(OC(=O)OC(C)(C)C)cc1. The molecule has 0 aliphatic carbocycles. The molecule has 1 aromatic carbocycles. The lowest BCUT2D eigenvalue weighted by Crippen LogP contribution is -2.25. The maximum absolute atomic E-state index is 11.7. The van der Waals surface area contributed by atoms with Crippen molar-refractivity contribution >= 4 is 12.1 Å². The summed E-state index contributed by atoms with van der Waals surface area (Å²) in [7, 11) is 0. The van der Waals surface area contributed by atoms with Gasteiger partial charge in [-0.2, -0.15) is 0 Å². The smallest absolute Gasteiger partial charge is 0.462 e. The van der Waals surface area contributed by atoms with Crippen LogP contribution in [0.1, 0.15) is 50.9 Å². The van der Waals surface area contributed by atoms with Crippen molar-refractivity contribution in [3.63, 3.8) is 0 Å². The molecule has 0 N–H and O–H groups in total. The molecule has 0 atom stereocenters. The molecular weight excluding hydrogens is 272 g/mol. The van der Waals surface area contributed by atoms with Crippen molar-refractivity contribution in [2.24, 2.45) is 0 Å². The maximum atomic E-state index is 11.7. The molecule has 0 aromatic heterocycles. The highest BCUT2D eigenvalue weighted by Gasteiger charge is 2.18. The van der Waals surface area contributed by atoms with Crippen LogP contribution < -0.4 is 4.74 Å². The van der Waals surface area contributed by atoms with E-state index in [9.17, 15) is 9.59 Å². The van der Waals surface area contributed by atoms with Crippen LogP contribution in [0.5, 0.6) is 5.75 Å². The third-order valence-corrected chi connectivity index (χ3v) is 2.41. The lowest BCUT2D eigenvalue weighted by Gasteiger charge is -2.18. The fourth-order valence-corrected chi connectivity index (χ4v) is 1.42. The number of carbonyl (C=O) groups is 2. The summed E-state index contributed by atoms with van der Waals surface area (Å²) in [6.45, 7) is 7.69. The van der Waals surface area contributed by atoms with E-state index in [2.05, 4.69) is 0 Å². The topological polar surface area (TPSA) is 61.8 Å². The van der Waals surface area contributed by atoms with Crippen molar-refractivity contribution in [2.45, 2.75) is 46.1 Å². The summed E-state index contributed by atoms with van der Waals surface area (Å²) in [5.74, 6) is -0.0679. The van der Waals surface area contributed by atoms with Crippen molar-refractivity contribution < 1.29 is 23.8 Å². The molecule has 0 spiro atoms. The first kappa shape index (κ1) is 17.0. The minimum absolute atomic E-state index is 0.314. The van der Waals surface area contributed by atoms with E-state index in [1.54, 1.807) is 32.9 Å². The number of unbranched alkanes of at least 4 members (excludes halogenated alkanes) is 1. The van der Waals surface area contributed by atoms with Crippen LogP contribution in [0.4, 0.5) is 4.79 Å². The molecule has 0 heterocycles. The Hall–Kier alpha value is -2.04. The molecular formula is C16H22O5. The summed E-state index contributed by atoms with van der Waals surface area (Å²) >= 11 is 0. The van der Waals surface area contributed by atoms with E-state index >= 15 is 0 Å². The van der Waals surface area contributed by atoms with Gasteiger partial charge in [0.25, 0.3) is 0 Å². The second-order valence-corrected chi connectivity index (χ2v) is 5.58. The van der Waals surface area contributed by atoms with Gasteiger partial charge in [-0.25, -0.2) is 9.59 Å². The standard InChI is InChI=1S/C16H22O5/c1-5-6-11-19-14(17)12-7-9-13(10-8-12)20-15(18)21-16(2,3)4/h7-10H,5-6,11H2,1-4H3. The molecule has 0 saturated heterocycles. The number of ether oxygens (including phenoxy) is 3. The minimum Gasteiger partial charge on any atom is -0.462 e. The van der Waals surface area contributed by atoms with Gasteiger partial charge in [0, 0.05) is 0 Å². The van der Waals surface area contributed by atoms with E-state index in [0.717, 1.165) is 12.8 Å². The summed E-state index contributed by atoms with van der Waals surface area (Å²) in [4.78, 5) is 23.2. The van der Waals surface area contributed by atoms with Crippen LogP contribution in [0.15, 0.2) is 24.3 Å². The van der Waals surface area contributed by atoms with Crippen LogP contribution >= 0.6 is 0 Å². The number of rotatable bonds is 5. The largest absolute Gasteiger partial charge is 0.514 e. The Morgan fingerprint density at radius 1 is 1.10 bits per heavy atom. The Labute approximate surface area is 125 Å². The average molecular weight is 294 g/mol. The van der Waals surface area contributed by atoms with Crippen molar-refractivity contribution in [2.75, 3.05) is 6.61 Å². The molecule has 0 bridgehead atoms. The van der Waals surface area contributed by atoms with Crippen LogP contribution in [-0.2, 0) is 9.47 Å². The predicted molar refractivity (Wildman–Crippen MR) is 78.5 cm³/mol. The van der Waals surface area contributed by atoms with Gasteiger partial charge in [0.15, 0.2) is 0 Å². The fraction of sp³-hybridized carbons (Fsp3) is 0.500. The number of carbonyl (C=O) groups excluding carboxylic acids is 2. The zero-order valence-corrected chi connectivity index (χ0v) is 13.0. The lowest BCUT2D eigenvalue weighted by molar-refractivity contribution is 0.0206. The second kappa shape index (κ2) is 7.67. The van der Waals surface area contributed by atoms with Crippen LogP contribution in [0, 0.1) is 0 Å². The number of hydrogen-bond donors (Lipinski definition) is 0. The highest BCUT2D eigenvalue weighted by molar-refractivity contribution is 5.89. The van der Waals surface area contributed by atoms with Crippen molar-refractivity contribution in [1.82, 2.24) is 0 Å². The summed E-state index contributed by atoms with van der Waals surface area (Å²) in [6, 6.07) is 6.16. The van der Waals surface area contributed by atoms with Gasteiger partial charge >= 0.3 is 12.1 Å². The van der Waals surface area contributed by atoms with Gasteiger partial charge in [0.2, 0.25) is 0 Å². The van der Waals surface area contributed by atoms with Gasteiger partial charge in [0.05, 0.1) is 12.2 Å². The first-order chi connectivity index (χ1) is 9.81. The molecule has 0 radical (unpaired) electrons. The quantitative estimate of drug-likeness (QED) is 0.467. The summed E-state index contributed by atoms with van der Waals surface area (Å²) < 4.78 is 15.1. The first-order valence-electron chi connectivity index (χ1n) is 7.00. The highest BCUT2D eigenvalue weighted by Crippen LogP contribution is 2.16. The van der Waals surface area contributed by atoms with Crippen LogP contribution in [0.2, 0.25) is 0 Å². The minimum atomic E-state index is -0.777. The maximum Gasteiger partial charge on any atom is 0.514 e. The number of hydrogen-bond acceptors (Lipinski definition) is 5. The summed E-state index contributed by atoms with van der Waals surface area (Å²) in [6.07, 6.45) is 1.03. The first-order valence-corrected chi connectivity index (χ1v) is 7.00. The Morgan fingerprint density at radius 2 is 1.71 bits per heavy atom. The second-order valence-electron chi connectivity index (χ2n) is 5.58. The zero-order valence-electron chi connectivity index (χ0n) is 13.0. The van der Waals surface area contributed by atoms with E-state index in [1.165, 1.54) is 12.1 Å². The molecule has 1 aromatic rings. The molecule has 0 saturated carbocycles. The molecule has 0 amide bonds. The Kier molecular flexibility index (Phi) is 6.21. The molecule has 21 heavy (non-hydrogen) atoms. The molecule has 0 aliphatic rings. The monoisotopic (exact) mass is 294 g/mol. The van der Waals surface area contributed by atoms with Gasteiger partial charge in [-0.1, -0.05) is 13.3 Å². The summed E-state index contributed by atoms with van der Waals surface area (Å²) in [5, 5.41) is 0. The molecule has 116 valence electrons. The number of benzene rings is 1. The molecule has 0 aliphatic heterocycles.